The van der Waals surface area contributed by atoms with Gasteiger partial charge in [0.1, 0.15) is 17.6 Å². The molecule has 0 aliphatic carbocycles. The summed E-state index contributed by atoms with van der Waals surface area (Å²) in [5.74, 6) is 0.828. The summed E-state index contributed by atoms with van der Waals surface area (Å²) in [7, 11) is 1.65. The Morgan fingerprint density at radius 3 is 2.74 bits per heavy atom. The van der Waals surface area contributed by atoms with Crippen LogP contribution in [0.4, 0.5) is 10.1 Å². The van der Waals surface area contributed by atoms with Crippen molar-refractivity contribution in [3.63, 3.8) is 0 Å². The van der Waals surface area contributed by atoms with Crippen molar-refractivity contribution in [1.29, 1.82) is 0 Å². The minimum atomic E-state index is -0.721. The number of halogens is 1. The van der Waals surface area contributed by atoms with Gasteiger partial charge < -0.3 is 14.0 Å². The molecule has 2 aromatic heterocycles. The average molecular weight is 311 g/mol. The number of alkyl halides is 1. The molecular weight excluding hydrogens is 293 g/mol. The van der Waals surface area contributed by atoms with E-state index in [0.717, 1.165) is 34.9 Å². The molecule has 5 heteroatoms. The molecule has 0 saturated carbocycles. The first-order chi connectivity index (χ1) is 11.2. The molecule has 0 spiro atoms. The molecule has 3 heterocycles. The second-order valence-corrected chi connectivity index (χ2v) is 5.84. The van der Waals surface area contributed by atoms with E-state index in [1.54, 1.807) is 7.11 Å². The number of aromatic nitrogens is 2. The Hall–Kier alpha value is -2.56. The van der Waals surface area contributed by atoms with E-state index in [-0.39, 0.29) is 0 Å². The molecule has 4 nitrogen and oxygen atoms in total. The first kappa shape index (κ1) is 14.1. The molecule has 0 unspecified atom stereocenters. The van der Waals surface area contributed by atoms with Gasteiger partial charge in [0, 0.05) is 42.8 Å². The first-order valence-electron chi connectivity index (χ1n) is 7.75. The lowest BCUT2D eigenvalue weighted by Crippen LogP contribution is -2.19. The Kier molecular flexibility index (Phi) is 3.41. The number of hydrogen-bond donors (Lipinski definition) is 0. The number of imidazole rings is 1. The highest BCUT2D eigenvalue weighted by atomic mass is 19.1. The van der Waals surface area contributed by atoms with E-state index in [1.807, 2.05) is 53.2 Å². The van der Waals surface area contributed by atoms with E-state index in [9.17, 15) is 4.39 Å². The van der Waals surface area contributed by atoms with Crippen molar-refractivity contribution in [1.82, 2.24) is 9.38 Å². The third-order valence-electron chi connectivity index (χ3n) is 4.33. The highest BCUT2D eigenvalue weighted by molar-refractivity contribution is 5.66. The predicted octanol–water partition coefficient (Wildman–Crippen LogP) is 3.56. The van der Waals surface area contributed by atoms with Crippen LogP contribution in [0.3, 0.4) is 0 Å². The molecule has 0 amide bonds. The molecule has 4 rings (SSSR count). The lowest BCUT2D eigenvalue weighted by Gasteiger charge is -2.17. The summed E-state index contributed by atoms with van der Waals surface area (Å²) >= 11 is 0. The molecule has 0 N–H and O–H groups in total. The average Bonchev–Trinajstić information content (AvgIpc) is 3.20. The lowest BCUT2D eigenvalue weighted by atomic mass is 10.2. The monoisotopic (exact) mass is 311 g/mol. The summed E-state index contributed by atoms with van der Waals surface area (Å²) in [6.07, 6.45) is 3.87. The van der Waals surface area contributed by atoms with Gasteiger partial charge >= 0.3 is 0 Å². The van der Waals surface area contributed by atoms with Gasteiger partial charge in [-0.3, -0.25) is 0 Å². The van der Waals surface area contributed by atoms with Crippen molar-refractivity contribution < 1.29 is 9.13 Å². The van der Waals surface area contributed by atoms with Crippen LogP contribution in [0.5, 0.6) is 5.75 Å². The van der Waals surface area contributed by atoms with E-state index in [2.05, 4.69) is 4.90 Å². The number of nitrogens with zero attached hydrogens (tertiary/aromatic N) is 3. The Bertz CT molecular complexity index is 828. The van der Waals surface area contributed by atoms with Gasteiger partial charge in [0.25, 0.3) is 0 Å². The number of rotatable bonds is 3. The summed E-state index contributed by atoms with van der Waals surface area (Å²) in [5, 5.41) is 0. The number of pyridine rings is 1. The van der Waals surface area contributed by atoms with Crippen LogP contribution < -0.4 is 9.64 Å². The second kappa shape index (κ2) is 5.57. The topological polar surface area (TPSA) is 29.8 Å². The van der Waals surface area contributed by atoms with Crippen molar-refractivity contribution in [2.24, 2.45) is 0 Å². The quantitative estimate of drug-likeness (QED) is 0.741. The molecule has 1 aliphatic heterocycles. The van der Waals surface area contributed by atoms with Gasteiger partial charge in [-0.1, -0.05) is 0 Å². The zero-order valence-corrected chi connectivity index (χ0v) is 12.9. The maximum absolute atomic E-state index is 13.4. The molecule has 1 saturated heterocycles. The fraction of sp³-hybridized carbons (Fsp3) is 0.278. The molecule has 0 radical (unpaired) electrons. The maximum Gasteiger partial charge on any atom is 0.139 e. The SMILES string of the molecule is COc1ccc(-c2cn3ccc(N4CC[C@H](F)C4)cc3n2)cc1. The summed E-state index contributed by atoms with van der Waals surface area (Å²) in [4.78, 5) is 6.77. The number of ether oxygens (including phenoxy) is 1. The van der Waals surface area contributed by atoms with Crippen LogP contribution in [0.25, 0.3) is 16.9 Å². The van der Waals surface area contributed by atoms with Crippen LogP contribution in [0.1, 0.15) is 6.42 Å². The molecule has 1 atom stereocenters. The molecule has 1 fully saturated rings. The highest BCUT2D eigenvalue weighted by Gasteiger charge is 2.22. The lowest BCUT2D eigenvalue weighted by molar-refractivity contribution is 0.364. The van der Waals surface area contributed by atoms with Crippen molar-refractivity contribution in [2.75, 3.05) is 25.1 Å². The van der Waals surface area contributed by atoms with Crippen LogP contribution in [0.2, 0.25) is 0 Å². The third kappa shape index (κ3) is 2.63. The van der Waals surface area contributed by atoms with Gasteiger partial charge in [-0.05, 0) is 36.8 Å². The fourth-order valence-electron chi connectivity index (χ4n) is 3.02. The van der Waals surface area contributed by atoms with Crippen LogP contribution in [-0.2, 0) is 0 Å². The van der Waals surface area contributed by atoms with Gasteiger partial charge in [-0.2, -0.15) is 0 Å². The Balaban J connectivity index is 1.67. The number of fused-ring (bicyclic) bond motifs is 1. The number of anilines is 1. The van der Waals surface area contributed by atoms with Crippen LogP contribution in [0.15, 0.2) is 48.8 Å². The zero-order chi connectivity index (χ0) is 15.8. The van der Waals surface area contributed by atoms with Gasteiger partial charge in [0.15, 0.2) is 0 Å². The summed E-state index contributed by atoms with van der Waals surface area (Å²) in [6.45, 7) is 1.24. The van der Waals surface area contributed by atoms with Crippen molar-refractivity contribution in [3.05, 3.63) is 48.8 Å². The molecule has 3 aromatic rings. The fourth-order valence-corrected chi connectivity index (χ4v) is 3.02. The number of methoxy groups -OCH3 is 1. The largest absolute Gasteiger partial charge is 0.497 e. The molecule has 118 valence electrons. The van der Waals surface area contributed by atoms with Gasteiger partial charge in [-0.15, -0.1) is 0 Å². The maximum atomic E-state index is 13.4. The van der Waals surface area contributed by atoms with E-state index in [1.165, 1.54) is 0 Å². The number of benzene rings is 1. The van der Waals surface area contributed by atoms with Crippen molar-refractivity contribution in [2.45, 2.75) is 12.6 Å². The minimum absolute atomic E-state index is 0.474. The summed E-state index contributed by atoms with van der Waals surface area (Å²) in [6, 6.07) is 11.9. The summed E-state index contributed by atoms with van der Waals surface area (Å²) < 4.78 is 20.6. The normalized spacial score (nSPS) is 17.8. The standard InChI is InChI=1S/C18H18FN3O/c1-23-16-4-2-13(3-5-16)17-12-22-9-7-15(10-18(22)20-17)21-8-6-14(19)11-21/h2-5,7,9-10,12,14H,6,8,11H2,1H3/t14-/m0/s1. The third-order valence-corrected chi connectivity index (χ3v) is 4.33. The van der Waals surface area contributed by atoms with E-state index >= 15 is 0 Å². The Labute approximate surface area is 134 Å². The van der Waals surface area contributed by atoms with Crippen LogP contribution in [0, 0.1) is 0 Å². The molecule has 1 aromatic carbocycles. The zero-order valence-electron chi connectivity index (χ0n) is 12.9. The first-order valence-corrected chi connectivity index (χ1v) is 7.75. The van der Waals surface area contributed by atoms with Crippen LogP contribution >= 0.6 is 0 Å². The Morgan fingerprint density at radius 1 is 1.22 bits per heavy atom. The van der Waals surface area contributed by atoms with Gasteiger partial charge in [-0.25, -0.2) is 9.37 Å². The summed E-state index contributed by atoms with van der Waals surface area (Å²) in [5.41, 5.74) is 3.86. The van der Waals surface area contributed by atoms with E-state index < -0.39 is 6.17 Å². The molecule has 23 heavy (non-hydrogen) atoms. The molecule has 1 aliphatic rings. The second-order valence-electron chi connectivity index (χ2n) is 5.84. The van der Waals surface area contributed by atoms with Crippen LogP contribution in [-0.4, -0.2) is 35.8 Å². The smallest absolute Gasteiger partial charge is 0.139 e. The Morgan fingerprint density at radius 2 is 2.04 bits per heavy atom. The van der Waals surface area contributed by atoms with Gasteiger partial charge in [0.05, 0.1) is 12.8 Å². The molecular formula is C18H18FN3O. The van der Waals surface area contributed by atoms with Crippen molar-refractivity contribution >= 4 is 11.3 Å². The van der Waals surface area contributed by atoms with E-state index in [4.69, 9.17) is 9.72 Å². The minimum Gasteiger partial charge on any atom is -0.497 e. The predicted molar refractivity (Wildman–Crippen MR) is 88.9 cm³/mol. The molecule has 0 bridgehead atoms. The van der Waals surface area contributed by atoms with Gasteiger partial charge in [0.2, 0.25) is 0 Å². The van der Waals surface area contributed by atoms with Crippen molar-refractivity contribution in [3.8, 4) is 17.0 Å². The number of hydrogen-bond acceptors (Lipinski definition) is 3. The van der Waals surface area contributed by atoms with E-state index in [0.29, 0.717) is 13.0 Å². The highest BCUT2D eigenvalue weighted by Crippen LogP contribution is 2.26.